The third-order valence-corrected chi connectivity index (χ3v) is 3.44. The minimum absolute atomic E-state index is 0.190. The molecule has 3 rings (SSSR count). The molecule has 0 unspecified atom stereocenters. The van der Waals surface area contributed by atoms with E-state index in [9.17, 15) is 9.59 Å². The number of ether oxygens (including phenoxy) is 2. The van der Waals surface area contributed by atoms with E-state index in [2.05, 4.69) is 10.4 Å². The molecule has 0 radical (unpaired) electrons. The van der Waals surface area contributed by atoms with Gasteiger partial charge in [0.25, 0.3) is 11.5 Å². The Morgan fingerprint density at radius 2 is 2.05 bits per heavy atom. The van der Waals surface area contributed by atoms with Gasteiger partial charge in [0.05, 0.1) is 6.04 Å². The van der Waals surface area contributed by atoms with Crippen molar-refractivity contribution in [3.8, 4) is 11.5 Å². The van der Waals surface area contributed by atoms with Crippen LogP contribution in [0.25, 0.3) is 0 Å². The monoisotopic (exact) mass is 301 g/mol. The average molecular weight is 301 g/mol. The van der Waals surface area contributed by atoms with Crippen LogP contribution in [0.4, 0.5) is 0 Å². The van der Waals surface area contributed by atoms with Gasteiger partial charge in [-0.25, -0.2) is 4.68 Å². The summed E-state index contributed by atoms with van der Waals surface area (Å²) in [5, 5.41) is 6.76. The first-order valence-corrected chi connectivity index (χ1v) is 6.79. The number of benzene rings is 1. The quantitative estimate of drug-likeness (QED) is 0.914. The summed E-state index contributed by atoms with van der Waals surface area (Å²) in [4.78, 5) is 23.5. The Bertz CT molecular complexity index is 785. The molecule has 7 heteroatoms. The van der Waals surface area contributed by atoms with E-state index in [1.54, 1.807) is 0 Å². The molecule has 0 saturated heterocycles. The molecule has 1 aromatic carbocycles. The average Bonchev–Trinajstić information content (AvgIpc) is 2.97. The van der Waals surface area contributed by atoms with Crippen molar-refractivity contribution in [3.05, 3.63) is 51.9 Å². The highest BCUT2D eigenvalue weighted by Crippen LogP contribution is 2.34. The van der Waals surface area contributed by atoms with Crippen molar-refractivity contribution in [1.82, 2.24) is 15.1 Å². The number of nitrogens with one attached hydrogen (secondary N) is 1. The number of aromatic nitrogens is 2. The second-order valence-electron chi connectivity index (χ2n) is 4.99. The lowest BCUT2D eigenvalue weighted by Crippen LogP contribution is -2.30. The Morgan fingerprint density at radius 3 is 2.82 bits per heavy atom. The summed E-state index contributed by atoms with van der Waals surface area (Å²) < 4.78 is 11.7. The van der Waals surface area contributed by atoms with Gasteiger partial charge in [-0.1, -0.05) is 6.07 Å². The minimum atomic E-state index is -0.347. The number of hydrogen-bond donors (Lipinski definition) is 1. The van der Waals surface area contributed by atoms with Crippen LogP contribution in [0.1, 0.15) is 29.0 Å². The first-order valence-electron chi connectivity index (χ1n) is 6.79. The standard InChI is InChI=1S/C15H15N3O4/c1-9(10-3-5-12-13(7-10)22-8-21-12)16-15(20)11-4-6-14(19)18(2)17-11/h3-7,9H,8H2,1-2H3,(H,16,20)/t9-/m1/s1. The van der Waals surface area contributed by atoms with E-state index in [0.717, 1.165) is 10.2 Å². The van der Waals surface area contributed by atoms with Gasteiger partial charge in [0, 0.05) is 13.1 Å². The Balaban J connectivity index is 1.75. The summed E-state index contributed by atoms with van der Waals surface area (Å²) in [5.74, 6) is 1.02. The van der Waals surface area contributed by atoms with Gasteiger partial charge in [-0.3, -0.25) is 9.59 Å². The fourth-order valence-electron chi connectivity index (χ4n) is 2.16. The van der Waals surface area contributed by atoms with Crippen molar-refractivity contribution in [3.63, 3.8) is 0 Å². The van der Waals surface area contributed by atoms with Crippen molar-refractivity contribution in [1.29, 1.82) is 0 Å². The maximum Gasteiger partial charge on any atom is 0.272 e. The van der Waals surface area contributed by atoms with Gasteiger partial charge in [0.15, 0.2) is 11.5 Å². The summed E-state index contributed by atoms with van der Waals surface area (Å²) in [6, 6.07) is 8.00. The van der Waals surface area contributed by atoms with Crippen LogP contribution < -0.4 is 20.3 Å². The Morgan fingerprint density at radius 1 is 1.27 bits per heavy atom. The van der Waals surface area contributed by atoms with E-state index in [1.807, 2.05) is 25.1 Å². The number of carbonyl (C=O) groups is 1. The number of rotatable bonds is 3. The van der Waals surface area contributed by atoms with E-state index in [1.165, 1.54) is 19.2 Å². The molecule has 1 aliphatic heterocycles. The normalized spacial score (nSPS) is 13.7. The van der Waals surface area contributed by atoms with E-state index >= 15 is 0 Å². The summed E-state index contributed by atoms with van der Waals surface area (Å²) in [7, 11) is 1.50. The fourth-order valence-corrected chi connectivity index (χ4v) is 2.16. The van der Waals surface area contributed by atoms with Gasteiger partial charge < -0.3 is 14.8 Å². The molecule has 1 aliphatic rings. The van der Waals surface area contributed by atoms with E-state index in [-0.39, 0.29) is 30.0 Å². The first kappa shape index (κ1) is 14.1. The first-order chi connectivity index (χ1) is 10.5. The van der Waals surface area contributed by atoms with E-state index in [0.29, 0.717) is 11.5 Å². The molecule has 1 N–H and O–H groups in total. The topological polar surface area (TPSA) is 82.5 Å². The third-order valence-electron chi connectivity index (χ3n) is 3.44. The number of carbonyl (C=O) groups excluding carboxylic acids is 1. The lowest BCUT2D eigenvalue weighted by molar-refractivity contribution is 0.0932. The summed E-state index contributed by atoms with van der Waals surface area (Å²) in [5.41, 5.74) is 0.817. The van der Waals surface area contributed by atoms with Gasteiger partial charge in [0.1, 0.15) is 5.69 Å². The smallest absolute Gasteiger partial charge is 0.272 e. The van der Waals surface area contributed by atoms with Crippen molar-refractivity contribution < 1.29 is 14.3 Å². The molecule has 0 saturated carbocycles. The van der Waals surface area contributed by atoms with Crippen molar-refractivity contribution >= 4 is 5.91 Å². The molecule has 0 bridgehead atoms. The van der Waals surface area contributed by atoms with Gasteiger partial charge >= 0.3 is 0 Å². The predicted molar refractivity (Wildman–Crippen MR) is 77.9 cm³/mol. The summed E-state index contributed by atoms with van der Waals surface area (Å²) >= 11 is 0. The molecular formula is C15H15N3O4. The zero-order chi connectivity index (χ0) is 15.7. The van der Waals surface area contributed by atoms with Gasteiger partial charge in [-0.2, -0.15) is 5.10 Å². The largest absolute Gasteiger partial charge is 0.454 e. The van der Waals surface area contributed by atoms with Crippen molar-refractivity contribution in [2.24, 2.45) is 7.05 Å². The Labute approximate surface area is 126 Å². The van der Waals surface area contributed by atoms with Crippen LogP contribution in [0.15, 0.2) is 35.1 Å². The van der Waals surface area contributed by atoms with Crippen LogP contribution in [0.2, 0.25) is 0 Å². The van der Waals surface area contributed by atoms with Gasteiger partial charge in [0.2, 0.25) is 6.79 Å². The third kappa shape index (κ3) is 2.65. The van der Waals surface area contributed by atoms with Crippen LogP contribution in [0, 0.1) is 0 Å². The maximum atomic E-state index is 12.2. The van der Waals surface area contributed by atoms with Gasteiger partial charge in [-0.05, 0) is 30.7 Å². The molecule has 2 aromatic rings. The van der Waals surface area contributed by atoms with Crippen molar-refractivity contribution in [2.45, 2.75) is 13.0 Å². The van der Waals surface area contributed by atoms with Crippen LogP contribution in [0.5, 0.6) is 11.5 Å². The SMILES string of the molecule is C[C@@H](NC(=O)c1ccc(=O)n(C)n1)c1ccc2c(c1)OCO2. The van der Waals surface area contributed by atoms with Gasteiger partial charge in [-0.15, -0.1) is 0 Å². The predicted octanol–water partition coefficient (Wildman–Crippen LogP) is 1.000. The van der Waals surface area contributed by atoms with Crippen molar-refractivity contribution in [2.75, 3.05) is 6.79 Å². The highest BCUT2D eigenvalue weighted by molar-refractivity contribution is 5.92. The number of aryl methyl sites for hydroxylation is 1. The highest BCUT2D eigenvalue weighted by Gasteiger charge is 2.18. The zero-order valence-electron chi connectivity index (χ0n) is 12.2. The molecule has 114 valence electrons. The minimum Gasteiger partial charge on any atom is -0.454 e. The number of fused-ring (bicyclic) bond motifs is 1. The molecule has 1 atom stereocenters. The summed E-state index contributed by atoms with van der Waals surface area (Å²) in [6.07, 6.45) is 0. The Hall–Kier alpha value is -2.83. The lowest BCUT2D eigenvalue weighted by atomic mass is 10.1. The molecule has 0 spiro atoms. The summed E-state index contributed by atoms with van der Waals surface area (Å²) in [6.45, 7) is 2.07. The second kappa shape index (κ2) is 5.51. The zero-order valence-corrected chi connectivity index (χ0v) is 12.2. The molecule has 2 heterocycles. The molecule has 1 aromatic heterocycles. The Kier molecular flexibility index (Phi) is 3.54. The van der Waals surface area contributed by atoms with Crippen LogP contribution in [0.3, 0.4) is 0 Å². The molecule has 0 fully saturated rings. The molecular weight excluding hydrogens is 286 g/mol. The van der Waals surface area contributed by atoms with Crippen LogP contribution in [-0.4, -0.2) is 22.5 Å². The number of hydrogen-bond acceptors (Lipinski definition) is 5. The fraction of sp³-hybridized carbons (Fsp3) is 0.267. The van der Waals surface area contributed by atoms with E-state index < -0.39 is 0 Å². The van der Waals surface area contributed by atoms with E-state index in [4.69, 9.17) is 9.47 Å². The maximum absolute atomic E-state index is 12.2. The molecule has 7 nitrogen and oxygen atoms in total. The number of amides is 1. The second-order valence-corrected chi connectivity index (χ2v) is 4.99. The molecule has 0 aliphatic carbocycles. The molecule has 1 amide bonds. The number of nitrogens with zero attached hydrogens (tertiary/aromatic N) is 2. The van der Waals surface area contributed by atoms with Crippen LogP contribution in [-0.2, 0) is 7.05 Å². The lowest BCUT2D eigenvalue weighted by Gasteiger charge is -2.14. The van der Waals surface area contributed by atoms with Crippen LogP contribution >= 0.6 is 0 Å². The highest BCUT2D eigenvalue weighted by atomic mass is 16.7. The molecule has 22 heavy (non-hydrogen) atoms.